The number of carbonyl (C=O) groups excluding carboxylic acids is 2. The number of benzene rings is 2. The summed E-state index contributed by atoms with van der Waals surface area (Å²) in [6.07, 6.45) is -1.18. The van der Waals surface area contributed by atoms with Crippen molar-refractivity contribution in [3.05, 3.63) is 59.7 Å². The first-order valence-corrected chi connectivity index (χ1v) is 9.77. The number of rotatable bonds is 7. The number of nitriles is 1. The lowest BCUT2D eigenvalue weighted by atomic mass is 10.2. The quantitative estimate of drug-likeness (QED) is 0.681. The lowest BCUT2D eigenvalue weighted by molar-refractivity contribution is -0.151. The summed E-state index contributed by atoms with van der Waals surface area (Å²) in [7, 11) is -3.87. The zero-order chi connectivity index (χ0) is 20.7. The fourth-order valence-corrected chi connectivity index (χ4v) is 3.14. The van der Waals surface area contributed by atoms with Crippen LogP contribution in [0.4, 0.5) is 5.69 Å². The molecule has 0 aliphatic rings. The van der Waals surface area contributed by atoms with Gasteiger partial charge in [0.25, 0.3) is 5.91 Å². The fourth-order valence-electron chi connectivity index (χ4n) is 2.17. The van der Waals surface area contributed by atoms with Crippen molar-refractivity contribution in [2.24, 2.45) is 0 Å². The average molecular weight is 401 g/mol. The molecule has 0 aliphatic carbocycles. The standard InChI is InChI=1S/C19H19N3O5S/c1-13-7-9-16(10-8-13)28(25,26)21-12-18(23)27-14(2)19(24)22-17-6-4-3-5-15(17)11-20/h3-10,14,21H,12H2,1-2H3,(H,22,24)/t14-/m0/s1. The number of ether oxygens (including phenoxy) is 1. The number of amides is 1. The van der Waals surface area contributed by atoms with E-state index in [0.717, 1.165) is 5.56 Å². The first kappa shape index (κ1) is 21.1. The van der Waals surface area contributed by atoms with Gasteiger partial charge in [-0.3, -0.25) is 9.59 Å². The SMILES string of the molecule is Cc1ccc(S(=O)(=O)NCC(=O)O[C@@H](C)C(=O)Nc2ccccc2C#N)cc1. The Morgan fingerprint density at radius 2 is 1.79 bits per heavy atom. The van der Waals surface area contributed by atoms with Gasteiger partial charge >= 0.3 is 5.97 Å². The first-order chi connectivity index (χ1) is 13.2. The Balaban J connectivity index is 1.90. The molecule has 1 atom stereocenters. The second-order valence-corrected chi connectivity index (χ2v) is 7.68. The van der Waals surface area contributed by atoms with Crippen LogP contribution in [0.2, 0.25) is 0 Å². The Labute approximate surface area is 163 Å². The molecule has 0 saturated heterocycles. The molecule has 0 saturated carbocycles. The second-order valence-electron chi connectivity index (χ2n) is 5.92. The summed E-state index contributed by atoms with van der Waals surface area (Å²) in [4.78, 5) is 24.0. The maximum Gasteiger partial charge on any atom is 0.321 e. The molecular formula is C19H19N3O5S. The van der Waals surface area contributed by atoms with E-state index in [-0.39, 0.29) is 16.1 Å². The summed E-state index contributed by atoms with van der Waals surface area (Å²) >= 11 is 0. The van der Waals surface area contributed by atoms with Gasteiger partial charge in [-0.15, -0.1) is 0 Å². The summed E-state index contributed by atoms with van der Waals surface area (Å²) in [6, 6.07) is 14.4. The van der Waals surface area contributed by atoms with E-state index in [1.807, 2.05) is 13.0 Å². The highest BCUT2D eigenvalue weighted by atomic mass is 32.2. The molecule has 9 heteroatoms. The Morgan fingerprint density at radius 3 is 2.43 bits per heavy atom. The highest BCUT2D eigenvalue weighted by molar-refractivity contribution is 7.89. The van der Waals surface area contributed by atoms with E-state index in [0.29, 0.717) is 0 Å². The number of sulfonamides is 1. The van der Waals surface area contributed by atoms with Crippen LogP contribution >= 0.6 is 0 Å². The van der Waals surface area contributed by atoms with Gasteiger partial charge in [0.1, 0.15) is 12.6 Å². The van der Waals surface area contributed by atoms with Crippen LogP contribution in [0.25, 0.3) is 0 Å². The second kappa shape index (κ2) is 9.12. The Hall–Kier alpha value is -3.22. The fraction of sp³-hybridized carbons (Fsp3) is 0.211. The molecule has 146 valence electrons. The monoisotopic (exact) mass is 401 g/mol. The number of anilines is 1. The minimum atomic E-state index is -3.87. The van der Waals surface area contributed by atoms with Gasteiger partial charge in [0.2, 0.25) is 10.0 Å². The number of para-hydroxylation sites is 1. The first-order valence-electron chi connectivity index (χ1n) is 8.29. The van der Waals surface area contributed by atoms with Crippen LogP contribution in [0.5, 0.6) is 0 Å². The number of nitrogens with zero attached hydrogens (tertiary/aromatic N) is 1. The maximum atomic E-state index is 12.2. The summed E-state index contributed by atoms with van der Waals surface area (Å²) in [6.45, 7) is 2.54. The van der Waals surface area contributed by atoms with Crippen molar-refractivity contribution >= 4 is 27.6 Å². The van der Waals surface area contributed by atoms with Gasteiger partial charge in [0, 0.05) is 0 Å². The van der Waals surface area contributed by atoms with Crippen LogP contribution in [0, 0.1) is 18.3 Å². The predicted molar refractivity (Wildman–Crippen MR) is 102 cm³/mol. The molecule has 2 rings (SSSR count). The summed E-state index contributed by atoms with van der Waals surface area (Å²) in [5.41, 5.74) is 1.45. The highest BCUT2D eigenvalue weighted by Crippen LogP contribution is 2.14. The molecule has 0 aliphatic heterocycles. The normalized spacial score (nSPS) is 11.9. The van der Waals surface area contributed by atoms with Gasteiger partial charge in [-0.1, -0.05) is 29.8 Å². The minimum Gasteiger partial charge on any atom is -0.452 e. The van der Waals surface area contributed by atoms with Gasteiger partial charge < -0.3 is 10.1 Å². The molecule has 0 aromatic heterocycles. The number of nitrogens with one attached hydrogen (secondary N) is 2. The van der Waals surface area contributed by atoms with Crippen LogP contribution in [0.3, 0.4) is 0 Å². The molecule has 8 nitrogen and oxygen atoms in total. The smallest absolute Gasteiger partial charge is 0.321 e. The largest absolute Gasteiger partial charge is 0.452 e. The maximum absolute atomic E-state index is 12.2. The highest BCUT2D eigenvalue weighted by Gasteiger charge is 2.21. The molecule has 2 N–H and O–H groups in total. The molecular weight excluding hydrogens is 382 g/mol. The van der Waals surface area contributed by atoms with Crippen LogP contribution in [-0.4, -0.2) is 32.9 Å². The zero-order valence-electron chi connectivity index (χ0n) is 15.3. The van der Waals surface area contributed by atoms with E-state index < -0.39 is 34.5 Å². The molecule has 1 amide bonds. The Kier molecular flexibility index (Phi) is 6.87. The number of esters is 1. The van der Waals surface area contributed by atoms with Crippen molar-refractivity contribution in [3.63, 3.8) is 0 Å². The number of carbonyl (C=O) groups is 2. The molecule has 2 aromatic rings. The summed E-state index contributed by atoms with van der Waals surface area (Å²) < 4.78 is 31.4. The lowest BCUT2D eigenvalue weighted by Gasteiger charge is -2.14. The average Bonchev–Trinajstić information content (AvgIpc) is 2.67. The van der Waals surface area contributed by atoms with Gasteiger partial charge in [0.15, 0.2) is 6.10 Å². The number of hydrogen-bond donors (Lipinski definition) is 2. The zero-order valence-corrected chi connectivity index (χ0v) is 16.1. The minimum absolute atomic E-state index is 0.0183. The van der Waals surface area contributed by atoms with E-state index in [2.05, 4.69) is 10.0 Å². The van der Waals surface area contributed by atoms with Crippen LogP contribution < -0.4 is 10.0 Å². The molecule has 28 heavy (non-hydrogen) atoms. The van der Waals surface area contributed by atoms with E-state index in [9.17, 15) is 18.0 Å². The topological polar surface area (TPSA) is 125 Å². The van der Waals surface area contributed by atoms with Gasteiger partial charge in [0.05, 0.1) is 16.1 Å². The van der Waals surface area contributed by atoms with Gasteiger partial charge in [-0.25, -0.2) is 8.42 Å². The Bertz CT molecular complexity index is 1010. The van der Waals surface area contributed by atoms with E-state index in [4.69, 9.17) is 10.00 Å². The van der Waals surface area contributed by atoms with Crippen LogP contribution in [0.1, 0.15) is 18.1 Å². The van der Waals surface area contributed by atoms with Crippen molar-refractivity contribution < 1.29 is 22.7 Å². The molecule has 0 spiro atoms. The van der Waals surface area contributed by atoms with E-state index >= 15 is 0 Å². The summed E-state index contributed by atoms with van der Waals surface area (Å²) in [5, 5.41) is 11.5. The van der Waals surface area contributed by atoms with E-state index in [1.54, 1.807) is 30.3 Å². The summed E-state index contributed by atoms with van der Waals surface area (Å²) in [5.74, 6) is -1.55. The molecule has 0 fully saturated rings. The van der Waals surface area contributed by atoms with Crippen LogP contribution in [-0.2, 0) is 24.3 Å². The predicted octanol–water partition coefficient (Wildman–Crippen LogP) is 1.72. The van der Waals surface area contributed by atoms with Crippen molar-refractivity contribution in [2.45, 2.75) is 24.8 Å². The van der Waals surface area contributed by atoms with Crippen molar-refractivity contribution in [1.29, 1.82) is 5.26 Å². The molecule has 0 bridgehead atoms. The molecule has 2 aromatic carbocycles. The lowest BCUT2D eigenvalue weighted by Crippen LogP contribution is -2.35. The third-order valence-corrected chi connectivity index (χ3v) is 5.14. The van der Waals surface area contributed by atoms with Crippen LogP contribution in [0.15, 0.2) is 53.4 Å². The molecule has 0 unspecified atom stereocenters. The van der Waals surface area contributed by atoms with Gasteiger partial charge in [-0.05, 0) is 38.1 Å². The molecule has 0 heterocycles. The van der Waals surface area contributed by atoms with Crippen molar-refractivity contribution in [1.82, 2.24) is 4.72 Å². The van der Waals surface area contributed by atoms with E-state index in [1.165, 1.54) is 25.1 Å². The molecule has 0 radical (unpaired) electrons. The van der Waals surface area contributed by atoms with Crippen molar-refractivity contribution in [3.8, 4) is 6.07 Å². The van der Waals surface area contributed by atoms with Crippen molar-refractivity contribution in [2.75, 3.05) is 11.9 Å². The Morgan fingerprint density at radius 1 is 1.14 bits per heavy atom. The third-order valence-electron chi connectivity index (χ3n) is 3.72. The van der Waals surface area contributed by atoms with Gasteiger partial charge in [-0.2, -0.15) is 9.98 Å². The third kappa shape index (κ3) is 5.64. The number of hydrogen-bond acceptors (Lipinski definition) is 6. The number of aryl methyl sites for hydroxylation is 1.